The van der Waals surface area contributed by atoms with Crippen molar-refractivity contribution in [2.75, 3.05) is 5.32 Å². The third-order valence-electron chi connectivity index (χ3n) is 6.13. The number of fused-ring (bicyclic) bond motifs is 1. The van der Waals surface area contributed by atoms with Gasteiger partial charge >= 0.3 is 0 Å². The second-order valence-electron chi connectivity index (χ2n) is 8.71. The first-order chi connectivity index (χ1) is 16.9. The van der Waals surface area contributed by atoms with Gasteiger partial charge in [-0.2, -0.15) is 0 Å². The molecule has 1 aliphatic carbocycles. The Morgan fingerprint density at radius 1 is 1.00 bits per heavy atom. The van der Waals surface area contributed by atoms with Crippen LogP contribution in [0.2, 0.25) is 0 Å². The van der Waals surface area contributed by atoms with Crippen molar-refractivity contribution in [3.05, 3.63) is 75.9 Å². The van der Waals surface area contributed by atoms with Gasteiger partial charge in [0, 0.05) is 16.8 Å². The van der Waals surface area contributed by atoms with Crippen molar-refractivity contribution < 1.29 is 22.9 Å². The smallest absolute Gasteiger partial charge is 0.290 e. The Hall–Kier alpha value is -4.14. The largest absolute Gasteiger partial charge is 0.466 e. The van der Waals surface area contributed by atoms with Gasteiger partial charge in [-0.25, -0.2) is 4.98 Å². The quantitative estimate of drug-likeness (QED) is 0.407. The average molecular weight is 475 g/mol. The zero-order valence-electron chi connectivity index (χ0n) is 19.9. The van der Waals surface area contributed by atoms with Gasteiger partial charge in [-0.15, -0.1) is 0 Å². The molecule has 3 aromatic heterocycles. The molecular weight excluding hydrogens is 448 g/mol. The number of carbonyl (C=O) groups excluding carboxylic acids is 2. The molecule has 0 aliphatic heterocycles. The Bertz CT molecular complexity index is 1410. The van der Waals surface area contributed by atoms with E-state index in [9.17, 15) is 9.59 Å². The minimum atomic E-state index is -0.306. The Balaban J connectivity index is 1.28. The summed E-state index contributed by atoms with van der Waals surface area (Å²) in [6.45, 7) is 5.54. The highest BCUT2D eigenvalue weighted by molar-refractivity contribution is 6.05. The summed E-state index contributed by atoms with van der Waals surface area (Å²) >= 11 is 0. The van der Waals surface area contributed by atoms with Crippen LogP contribution in [0.4, 0.5) is 5.69 Å². The van der Waals surface area contributed by atoms with Crippen molar-refractivity contribution in [1.82, 2.24) is 15.5 Å². The monoisotopic (exact) mass is 474 g/mol. The van der Waals surface area contributed by atoms with Gasteiger partial charge < -0.3 is 24.0 Å². The molecule has 0 radical (unpaired) electrons. The molecule has 0 saturated heterocycles. The Morgan fingerprint density at radius 2 is 1.83 bits per heavy atom. The fourth-order valence-corrected chi connectivity index (χ4v) is 4.31. The highest BCUT2D eigenvalue weighted by Crippen LogP contribution is 2.26. The van der Waals surface area contributed by atoms with Gasteiger partial charge in [0.25, 0.3) is 11.8 Å². The molecule has 5 rings (SSSR count). The van der Waals surface area contributed by atoms with Crippen molar-refractivity contribution >= 4 is 17.5 Å². The fraction of sp³-hybridized carbons (Fsp3) is 0.308. The lowest BCUT2D eigenvalue weighted by Gasteiger charge is -2.09. The molecular formula is C26H26N4O5. The number of anilines is 1. The zero-order valence-corrected chi connectivity index (χ0v) is 19.9. The summed E-state index contributed by atoms with van der Waals surface area (Å²) in [6.07, 6.45) is 3.75. The van der Waals surface area contributed by atoms with E-state index in [1.807, 2.05) is 12.1 Å². The molecule has 0 unspecified atom stereocenters. The number of aryl methyl sites for hydroxylation is 4. The van der Waals surface area contributed by atoms with Gasteiger partial charge in [0.15, 0.2) is 0 Å². The van der Waals surface area contributed by atoms with Crippen LogP contribution in [-0.4, -0.2) is 22.0 Å². The molecule has 3 heterocycles. The number of nitrogens with zero attached hydrogens (tertiary/aromatic N) is 2. The van der Waals surface area contributed by atoms with Crippen LogP contribution >= 0.6 is 0 Å². The van der Waals surface area contributed by atoms with Crippen LogP contribution in [0.15, 0.2) is 43.7 Å². The Morgan fingerprint density at radius 3 is 2.63 bits per heavy atom. The molecule has 1 aromatic carbocycles. The molecule has 2 amide bonds. The number of amides is 2. The molecule has 1 aliphatic rings. The van der Waals surface area contributed by atoms with E-state index < -0.39 is 0 Å². The van der Waals surface area contributed by atoms with E-state index in [0.29, 0.717) is 45.7 Å². The number of oxazole rings is 1. The van der Waals surface area contributed by atoms with Gasteiger partial charge in [-0.3, -0.25) is 9.59 Å². The molecule has 9 heteroatoms. The lowest BCUT2D eigenvalue weighted by Crippen LogP contribution is -2.24. The van der Waals surface area contributed by atoms with Gasteiger partial charge in [-0.05, 0) is 70.7 Å². The summed E-state index contributed by atoms with van der Waals surface area (Å²) in [5.41, 5.74) is 4.20. The van der Waals surface area contributed by atoms with Crippen LogP contribution in [0.1, 0.15) is 68.0 Å². The van der Waals surface area contributed by atoms with Crippen LogP contribution in [-0.2, 0) is 19.4 Å². The first-order valence-corrected chi connectivity index (χ1v) is 11.6. The molecule has 0 fully saturated rings. The fourth-order valence-electron chi connectivity index (χ4n) is 4.31. The SMILES string of the molecule is Cc1cc(C(=O)Nc2cccc(-c3nc(CNC(=O)c4onc5c4CCCC5)c(C)o3)c2)c(C)o1. The van der Waals surface area contributed by atoms with Crippen molar-refractivity contribution in [1.29, 1.82) is 0 Å². The molecule has 4 aromatic rings. The maximum Gasteiger partial charge on any atom is 0.290 e. The van der Waals surface area contributed by atoms with E-state index in [4.69, 9.17) is 13.4 Å². The third-order valence-corrected chi connectivity index (χ3v) is 6.13. The Kier molecular flexibility index (Phi) is 5.98. The molecule has 0 spiro atoms. The van der Waals surface area contributed by atoms with Crippen molar-refractivity contribution in [3.8, 4) is 11.5 Å². The van der Waals surface area contributed by atoms with Gasteiger partial charge in [0.2, 0.25) is 11.7 Å². The summed E-state index contributed by atoms with van der Waals surface area (Å²) < 4.78 is 16.6. The molecule has 0 bridgehead atoms. The molecule has 0 saturated carbocycles. The third kappa shape index (κ3) is 4.62. The number of aromatic nitrogens is 2. The minimum Gasteiger partial charge on any atom is -0.466 e. The summed E-state index contributed by atoms with van der Waals surface area (Å²) in [6, 6.07) is 8.94. The second-order valence-corrected chi connectivity index (χ2v) is 8.71. The summed E-state index contributed by atoms with van der Waals surface area (Å²) in [5.74, 6) is 1.97. The zero-order chi connectivity index (χ0) is 24.5. The maximum absolute atomic E-state index is 12.7. The topological polar surface area (TPSA) is 123 Å². The molecule has 2 N–H and O–H groups in total. The van der Waals surface area contributed by atoms with Crippen LogP contribution < -0.4 is 10.6 Å². The standard InChI is InChI=1S/C26H26N4O5/c1-14-11-20(15(2)33-14)24(31)28-18-8-6-7-17(12-18)26-29-22(16(3)34-26)13-27-25(32)23-19-9-4-5-10-21(19)30-35-23/h6-8,11-12H,4-5,9-10,13H2,1-3H3,(H,27,32)(H,28,31). The van der Waals surface area contributed by atoms with Crippen LogP contribution in [0, 0.1) is 20.8 Å². The van der Waals surface area contributed by atoms with Gasteiger partial charge in [-0.1, -0.05) is 11.2 Å². The van der Waals surface area contributed by atoms with Crippen molar-refractivity contribution in [2.24, 2.45) is 0 Å². The van der Waals surface area contributed by atoms with E-state index in [-0.39, 0.29) is 24.1 Å². The first kappa shape index (κ1) is 22.6. The highest BCUT2D eigenvalue weighted by Gasteiger charge is 2.24. The number of benzene rings is 1. The lowest BCUT2D eigenvalue weighted by atomic mass is 9.96. The van der Waals surface area contributed by atoms with E-state index in [1.165, 1.54) is 0 Å². The predicted octanol–water partition coefficient (Wildman–Crippen LogP) is 4.91. The van der Waals surface area contributed by atoms with Gasteiger partial charge in [0.05, 0.1) is 17.8 Å². The van der Waals surface area contributed by atoms with E-state index in [1.54, 1.807) is 39.0 Å². The van der Waals surface area contributed by atoms with Crippen LogP contribution in [0.25, 0.3) is 11.5 Å². The number of nitrogens with one attached hydrogen (secondary N) is 2. The number of hydrogen-bond acceptors (Lipinski definition) is 7. The normalized spacial score (nSPS) is 12.9. The first-order valence-electron chi connectivity index (χ1n) is 11.6. The van der Waals surface area contributed by atoms with Crippen LogP contribution in [0.5, 0.6) is 0 Å². The van der Waals surface area contributed by atoms with Gasteiger partial charge in [0.1, 0.15) is 23.0 Å². The molecule has 35 heavy (non-hydrogen) atoms. The number of carbonyl (C=O) groups is 2. The summed E-state index contributed by atoms with van der Waals surface area (Å²) in [4.78, 5) is 29.9. The highest BCUT2D eigenvalue weighted by atomic mass is 16.5. The molecule has 180 valence electrons. The molecule has 0 atom stereocenters. The van der Waals surface area contributed by atoms with Crippen LogP contribution in [0.3, 0.4) is 0 Å². The van der Waals surface area contributed by atoms with E-state index in [2.05, 4.69) is 20.8 Å². The van der Waals surface area contributed by atoms with E-state index >= 15 is 0 Å². The van der Waals surface area contributed by atoms with E-state index in [0.717, 1.165) is 36.9 Å². The molecule has 9 nitrogen and oxygen atoms in total. The van der Waals surface area contributed by atoms with Crippen molar-refractivity contribution in [3.63, 3.8) is 0 Å². The maximum atomic E-state index is 12.7. The number of rotatable bonds is 6. The number of furan rings is 1. The minimum absolute atomic E-state index is 0.194. The second kappa shape index (κ2) is 9.25. The predicted molar refractivity (Wildman–Crippen MR) is 127 cm³/mol. The Labute approximate surface area is 201 Å². The van der Waals surface area contributed by atoms with Crippen molar-refractivity contribution in [2.45, 2.75) is 53.0 Å². The lowest BCUT2D eigenvalue weighted by molar-refractivity contribution is 0.0911. The summed E-state index contributed by atoms with van der Waals surface area (Å²) in [5, 5.41) is 9.78. The average Bonchev–Trinajstić information content (AvgIpc) is 3.54. The summed E-state index contributed by atoms with van der Waals surface area (Å²) in [7, 11) is 0. The number of hydrogen-bond donors (Lipinski definition) is 2.